The first-order valence-electron chi connectivity index (χ1n) is 8.58. The highest BCUT2D eigenvalue weighted by Gasteiger charge is 2.27. The molecule has 0 bridgehead atoms. The van der Waals surface area contributed by atoms with E-state index in [0.717, 1.165) is 43.8 Å². The molecule has 5 nitrogen and oxygen atoms in total. The van der Waals surface area contributed by atoms with Crippen LogP contribution in [-0.2, 0) is 17.9 Å². The third-order valence-electron chi connectivity index (χ3n) is 4.79. The lowest BCUT2D eigenvalue weighted by Gasteiger charge is -2.33. The summed E-state index contributed by atoms with van der Waals surface area (Å²) in [6.07, 6.45) is 1.94. The number of aryl methyl sites for hydroxylation is 1. The van der Waals surface area contributed by atoms with Crippen LogP contribution in [0.25, 0.3) is 11.0 Å². The molecule has 0 spiro atoms. The number of aromatic nitrogens is 2. The Morgan fingerprint density at radius 1 is 1.42 bits per heavy atom. The molecule has 1 aromatic heterocycles. The summed E-state index contributed by atoms with van der Waals surface area (Å²) in [5.41, 5.74) is 1.28. The van der Waals surface area contributed by atoms with Gasteiger partial charge < -0.3 is 9.47 Å². The van der Waals surface area contributed by atoms with Gasteiger partial charge in [-0.15, -0.1) is 0 Å². The van der Waals surface area contributed by atoms with Gasteiger partial charge in [0.15, 0.2) is 5.82 Å². The Kier molecular flexibility index (Phi) is 4.85. The van der Waals surface area contributed by atoms with Crippen LogP contribution < -0.4 is 0 Å². The Morgan fingerprint density at radius 2 is 2.21 bits per heavy atom. The molecule has 1 fully saturated rings. The van der Waals surface area contributed by atoms with Gasteiger partial charge in [-0.1, -0.05) is 6.07 Å². The highest BCUT2D eigenvalue weighted by atomic mass is 19.1. The van der Waals surface area contributed by atoms with Gasteiger partial charge in [-0.25, -0.2) is 9.37 Å². The van der Waals surface area contributed by atoms with Crippen LogP contribution >= 0.6 is 0 Å². The number of nitrogens with zero attached hydrogens (tertiary/aromatic N) is 4. The summed E-state index contributed by atoms with van der Waals surface area (Å²) in [7, 11) is 3.61. The molecule has 1 saturated heterocycles. The van der Waals surface area contributed by atoms with Crippen molar-refractivity contribution in [2.24, 2.45) is 5.92 Å². The maximum Gasteiger partial charge on any atom is 0.226 e. The number of carbonyl (C=O) groups is 1. The number of benzene rings is 1. The molecule has 0 unspecified atom stereocenters. The maximum atomic E-state index is 14.0. The second kappa shape index (κ2) is 6.89. The Labute approximate surface area is 142 Å². The minimum atomic E-state index is -0.278. The SMILES string of the molecule is CCn1c(CN2CCC[C@@H](C(=O)N(C)C)C2)nc2c(F)cccc21. The molecule has 2 heterocycles. The summed E-state index contributed by atoms with van der Waals surface area (Å²) in [6.45, 7) is 5.14. The largest absolute Gasteiger partial charge is 0.349 e. The number of piperidine rings is 1. The predicted octanol–water partition coefficient (Wildman–Crippen LogP) is 2.50. The number of hydrogen-bond acceptors (Lipinski definition) is 3. The third kappa shape index (κ3) is 3.15. The van der Waals surface area contributed by atoms with Gasteiger partial charge in [-0.3, -0.25) is 9.69 Å². The van der Waals surface area contributed by atoms with Crippen LogP contribution in [0.2, 0.25) is 0 Å². The van der Waals surface area contributed by atoms with Crippen LogP contribution in [0, 0.1) is 11.7 Å². The fourth-order valence-electron chi connectivity index (χ4n) is 3.60. The number of hydrogen-bond donors (Lipinski definition) is 0. The van der Waals surface area contributed by atoms with Crippen molar-refractivity contribution in [3.63, 3.8) is 0 Å². The van der Waals surface area contributed by atoms with Crippen molar-refractivity contribution in [1.29, 1.82) is 0 Å². The van der Waals surface area contributed by atoms with Crippen molar-refractivity contribution in [3.05, 3.63) is 29.8 Å². The van der Waals surface area contributed by atoms with Crippen molar-refractivity contribution in [2.45, 2.75) is 32.9 Å². The Hall–Kier alpha value is -1.95. The van der Waals surface area contributed by atoms with E-state index in [2.05, 4.69) is 14.5 Å². The minimum absolute atomic E-state index is 0.0462. The van der Waals surface area contributed by atoms with Crippen molar-refractivity contribution < 1.29 is 9.18 Å². The normalized spacial score (nSPS) is 18.9. The van der Waals surface area contributed by atoms with Crippen LogP contribution in [0.1, 0.15) is 25.6 Å². The molecular weight excluding hydrogens is 307 g/mol. The fourth-order valence-corrected chi connectivity index (χ4v) is 3.60. The molecule has 1 aromatic carbocycles. The van der Waals surface area contributed by atoms with E-state index in [1.54, 1.807) is 25.1 Å². The summed E-state index contributed by atoms with van der Waals surface area (Å²) in [5.74, 6) is 0.829. The number of fused-ring (bicyclic) bond motifs is 1. The Morgan fingerprint density at radius 3 is 2.92 bits per heavy atom. The van der Waals surface area contributed by atoms with Crippen LogP contribution in [-0.4, -0.2) is 52.4 Å². The van der Waals surface area contributed by atoms with Gasteiger partial charge in [0.2, 0.25) is 5.91 Å². The summed E-state index contributed by atoms with van der Waals surface area (Å²) >= 11 is 0. The van der Waals surface area contributed by atoms with E-state index in [1.165, 1.54) is 6.07 Å². The molecule has 0 aliphatic carbocycles. The van der Waals surface area contributed by atoms with Crippen molar-refractivity contribution >= 4 is 16.9 Å². The summed E-state index contributed by atoms with van der Waals surface area (Å²) < 4.78 is 16.1. The molecule has 3 rings (SSSR count). The molecular formula is C18H25FN4O. The van der Waals surface area contributed by atoms with Crippen molar-refractivity contribution in [3.8, 4) is 0 Å². The fraction of sp³-hybridized carbons (Fsp3) is 0.556. The second-order valence-corrected chi connectivity index (χ2v) is 6.69. The van der Waals surface area contributed by atoms with Gasteiger partial charge in [0.25, 0.3) is 0 Å². The number of para-hydroxylation sites is 1. The molecule has 24 heavy (non-hydrogen) atoms. The summed E-state index contributed by atoms with van der Waals surface area (Å²) in [4.78, 5) is 20.7. The summed E-state index contributed by atoms with van der Waals surface area (Å²) in [6, 6.07) is 5.08. The van der Waals surface area contributed by atoms with E-state index >= 15 is 0 Å². The molecule has 2 aromatic rings. The number of carbonyl (C=O) groups excluding carboxylic acids is 1. The van der Waals surface area contributed by atoms with Gasteiger partial charge in [0.05, 0.1) is 18.0 Å². The van der Waals surface area contributed by atoms with Gasteiger partial charge in [-0.2, -0.15) is 0 Å². The second-order valence-electron chi connectivity index (χ2n) is 6.69. The minimum Gasteiger partial charge on any atom is -0.349 e. The third-order valence-corrected chi connectivity index (χ3v) is 4.79. The van der Waals surface area contributed by atoms with Gasteiger partial charge in [-0.05, 0) is 38.4 Å². The Balaban J connectivity index is 1.82. The molecule has 1 aliphatic rings. The molecule has 1 atom stereocenters. The summed E-state index contributed by atoms with van der Waals surface area (Å²) in [5, 5.41) is 0. The van der Waals surface area contributed by atoms with Gasteiger partial charge >= 0.3 is 0 Å². The smallest absolute Gasteiger partial charge is 0.226 e. The predicted molar refractivity (Wildman–Crippen MR) is 92.1 cm³/mol. The zero-order valence-corrected chi connectivity index (χ0v) is 14.6. The average molecular weight is 332 g/mol. The van der Waals surface area contributed by atoms with Crippen LogP contribution in [0.15, 0.2) is 18.2 Å². The molecule has 0 saturated carbocycles. The van der Waals surface area contributed by atoms with Crippen LogP contribution in [0.5, 0.6) is 0 Å². The van der Waals surface area contributed by atoms with E-state index in [-0.39, 0.29) is 17.6 Å². The topological polar surface area (TPSA) is 41.4 Å². The molecule has 130 valence electrons. The lowest BCUT2D eigenvalue weighted by atomic mass is 9.97. The highest BCUT2D eigenvalue weighted by molar-refractivity contribution is 5.78. The zero-order chi connectivity index (χ0) is 17.3. The van der Waals surface area contributed by atoms with E-state index in [0.29, 0.717) is 12.1 Å². The van der Waals surface area contributed by atoms with E-state index in [4.69, 9.17) is 0 Å². The number of rotatable bonds is 4. The first-order valence-corrected chi connectivity index (χ1v) is 8.58. The number of amides is 1. The van der Waals surface area contributed by atoms with Crippen LogP contribution in [0.4, 0.5) is 4.39 Å². The molecule has 1 aliphatic heterocycles. The molecule has 1 amide bonds. The standard InChI is InChI=1S/C18H25FN4O/c1-4-23-15-9-5-8-14(19)17(15)20-16(23)12-22-10-6-7-13(11-22)18(24)21(2)3/h5,8-9,13H,4,6-7,10-12H2,1-3H3/t13-/m1/s1. The zero-order valence-electron chi connectivity index (χ0n) is 14.6. The lowest BCUT2D eigenvalue weighted by Crippen LogP contribution is -2.42. The van der Waals surface area contributed by atoms with Gasteiger partial charge in [0, 0.05) is 27.2 Å². The maximum absolute atomic E-state index is 14.0. The number of likely N-dealkylation sites (tertiary alicyclic amines) is 1. The van der Waals surface area contributed by atoms with Gasteiger partial charge in [0.1, 0.15) is 11.3 Å². The molecule has 0 radical (unpaired) electrons. The average Bonchev–Trinajstić information content (AvgIpc) is 2.93. The highest BCUT2D eigenvalue weighted by Crippen LogP contribution is 2.23. The van der Waals surface area contributed by atoms with E-state index in [1.807, 2.05) is 13.0 Å². The van der Waals surface area contributed by atoms with Crippen molar-refractivity contribution in [2.75, 3.05) is 27.2 Å². The Bertz CT molecular complexity index is 740. The quantitative estimate of drug-likeness (QED) is 0.864. The molecule has 6 heteroatoms. The van der Waals surface area contributed by atoms with E-state index < -0.39 is 0 Å². The number of halogens is 1. The van der Waals surface area contributed by atoms with E-state index in [9.17, 15) is 9.18 Å². The monoisotopic (exact) mass is 332 g/mol. The first-order chi connectivity index (χ1) is 11.5. The van der Waals surface area contributed by atoms with Crippen LogP contribution in [0.3, 0.4) is 0 Å². The number of imidazole rings is 1. The van der Waals surface area contributed by atoms with Crippen molar-refractivity contribution in [1.82, 2.24) is 19.4 Å². The lowest BCUT2D eigenvalue weighted by molar-refractivity contribution is -0.134. The first kappa shape index (κ1) is 16.9. The molecule has 0 N–H and O–H groups in total.